The highest BCUT2D eigenvalue weighted by molar-refractivity contribution is 5.69. The molecule has 0 radical (unpaired) electrons. The molecule has 0 spiro atoms. The maximum absolute atomic E-state index is 11.4. The van der Waals surface area contributed by atoms with Crippen LogP contribution < -0.4 is 10.5 Å². The first kappa shape index (κ1) is 11.7. The fourth-order valence-corrected chi connectivity index (χ4v) is 1.67. The molecule has 0 bridgehead atoms. The number of amides is 1. The van der Waals surface area contributed by atoms with Crippen LogP contribution in [0.25, 0.3) is 0 Å². The molecule has 1 aromatic rings. The molecule has 0 aliphatic carbocycles. The van der Waals surface area contributed by atoms with Gasteiger partial charge in [0, 0.05) is 6.54 Å². The van der Waals surface area contributed by atoms with Gasteiger partial charge in [-0.1, -0.05) is 18.2 Å². The lowest BCUT2D eigenvalue weighted by Crippen LogP contribution is -2.31. The molecule has 5 nitrogen and oxygen atoms in total. The Morgan fingerprint density at radius 2 is 2.18 bits per heavy atom. The topological polar surface area (TPSA) is 64.8 Å². The van der Waals surface area contributed by atoms with Crippen molar-refractivity contribution in [3.63, 3.8) is 0 Å². The van der Waals surface area contributed by atoms with E-state index in [-0.39, 0.29) is 12.2 Å². The number of para-hydroxylation sites is 1. The average molecular weight is 236 g/mol. The number of hydrogen-bond donors (Lipinski definition) is 1. The maximum Gasteiger partial charge on any atom is 0.410 e. The first-order valence-electron chi connectivity index (χ1n) is 5.63. The van der Waals surface area contributed by atoms with Crippen molar-refractivity contribution in [3.05, 3.63) is 30.3 Å². The number of benzene rings is 1. The highest BCUT2D eigenvalue weighted by Gasteiger charge is 2.29. The van der Waals surface area contributed by atoms with Crippen LogP contribution in [0.3, 0.4) is 0 Å². The second kappa shape index (κ2) is 5.54. The van der Waals surface area contributed by atoms with Crippen LogP contribution in [0, 0.1) is 0 Å². The first-order valence-corrected chi connectivity index (χ1v) is 5.63. The van der Waals surface area contributed by atoms with Crippen LogP contribution in [0.2, 0.25) is 0 Å². The summed E-state index contributed by atoms with van der Waals surface area (Å²) >= 11 is 0. The van der Waals surface area contributed by atoms with E-state index in [4.69, 9.17) is 15.2 Å². The summed E-state index contributed by atoms with van der Waals surface area (Å²) in [6, 6.07) is 9.50. The summed E-state index contributed by atoms with van der Waals surface area (Å²) in [6.45, 7) is 1.88. The summed E-state index contributed by atoms with van der Waals surface area (Å²) < 4.78 is 10.5. The molecule has 1 fully saturated rings. The van der Waals surface area contributed by atoms with Gasteiger partial charge in [-0.25, -0.2) is 4.79 Å². The van der Waals surface area contributed by atoms with Crippen LogP contribution in [0.15, 0.2) is 30.3 Å². The quantitative estimate of drug-likeness (QED) is 0.823. The lowest BCUT2D eigenvalue weighted by Gasteiger charge is -2.13. The fraction of sp³-hybridized carbons (Fsp3) is 0.417. The van der Waals surface area contributed by atoms with Crippen molar-refractivity contribution in [2.24, 2.45) is 5.73 Å². The third-order valence-electron chi connectivity index (χ3n) is 2.59. The molecule has 0 saturated carbocycles. The summed E-state index contributed by atoms with van der Waals surface area (Å²) in [6.07, 6.45) is -0.490. The van der Waals surface area contributed by atoms with Gasteiger partial charge in [-0.05, 0) is 12.1 Å². The Hall–Kier alpha value is -1.75. The predicted molar refractivity (Wildman–Crippen MR) is 62.8 cm³/mol. The van der Waals surface area contributed by atoms with Crippen molar-refractivity contribution in [1.82, 2.24) is 4.90 Å². The van der Waals surface area contributed by atoms with Crippen molar-refractivity contribution in [2.75, 3.05) is 26.2 Å². The summed E-state index contributed by atoms with van der Waals surface area (Å²) in [5.41, 5.74) is 5.44. The van der Waals surface area contributed by atoms with Crippen molar-refractivity contribution in [2.45, 2.75) is 6.10 Å². The number of cyclic esters (lactones) is 1. The SMILES string of the molecule is NCC1CN(CCOc2ccccc2)C(=O)O1. The van der Waals surface area contributed by atoms with Crippen LogP contribution >= 0.6 is 0 Å². The van der Waals surface area contributed by atoms with Gasteiger partial charge in [0.1, 0.15) is 18.5 Å². The zero-order valence-electron chi connectivity index (χ0n) is 9.54. The van der Waals surface area contributed by atoms with Gasteiger partial charge in [-0.15, -0.1) is 0 Å². The van der Waals surface area contributed by atoms with Crippen LogP contribution in [-0.2, 0) is 4.74 Å². The molecule has 0 aromatic heterocycles. The van der Waals surface area contributed by atoms with Gasteiger partial charge >= 0.3 is 6.09 Å². The van der Waals surface area contributed by atoms with E-state index in [1.807, 2.05) is 30.3 Å². The number of nitrogens with two attached hydrogens (primary N) is 1. The largest absolute Gasteiger partial charge is 0.492 e. The van der Waals surface area contributed by atoms with Crippen LogP contribution in [-0.4, -0.2) is 43.3 Å². The second-order valence-corrected chi connectivity index (χ2v) is 3.85. The molecule has 17 heavy (non-hydrogen) atoms. The van der Waals surface area contributed by atoms with Crippen molar-refractivity contribution in [1.29, 1.82) is 0 Å². The van der Waals surface area contributed by atoms with E-state index < -0.39 is 0 Å². The van der Waals surface area contributed by atoms with Gasteiger partial charge in [0.15, 0.2) is 0 Å². The molecule has 1 aliphatic rings. The summed E-state index contributed by atoms with van der Waals surface area (Å²) in [5.74, 6) is 0.801. The highest BCUT2D eigenvalue weighted by atomic mass is 16.6. The Balaban J connectivity index is 1.74. The van der Waals surface area contributed by atoms with Gasteiger partial charge in [-0.2, -0.15) is 0 Å². The summed E-state index contributed by atoms with van der Waals surface area (Å²) in [4.78, 5) is 13.0. The monoisotopic (exact) mass is 236 g/mol. The molecule has 92 valence electrons. The van der Waals surface area contributed by atoms with E-state index in [2.05, 4.69) is 0 Å². The van der Waals surface area contributed by atoms with Crippen LogP contribution in [0.1, 0.15) is 0 Å². The zero-order chi connectivity index (χ0) is 12.1. The van der Waals surface area contributed by atoms with E-state index in [0.29, 0.717) is 26.2 Å². The second-order valence-electron chi connectivity index (χ2n) is 3.85. The van der Waals surface area contributed by atoms with Gasteiger partial charge < -0.3 is 20.1 Å². The Morgan fingerprint density at radius 3 is 2.82 bits per heavy atom. The molecule has 2 rings (SSSR count). The number of rotatable bonds is 5. The van der Waals surface area contributed by atoms with E-state index in [1.54, 1.807) is 4.90 Å². The summed E-state index contributed by atoms with van der Waals surface area (Å²) in [5, 5.41) is 0. The standard InChI is InChI=1S/C12H16N2O3/c13-8-11-9-14(12(15)17-11)6-7-16-10-4-2-1-3-5-10/h1-5,11H,6-9,13H2. The minimum absolute atomic E-state index is 0.181. The Bertz CT molecular complexity index is 369. The Kier molecular flexibility index (Phi) is 3.82. The van der Waals surface area contributed by atoms with Crippen molar-refractivity contribution in [3.8, 4) is 5.75 Å². The number of ether oxygens (including phenoxy) is 2. The molecule has 1 saturated heterocycles. The normalized spacial score (nSPS) is 19.2. The fourth-order valence-electron chi connectivity index (χ4n) is 1.67. The van der Waals surface area contributed by atoms with E-state index in [1.165, 1.54) is 0 Å². The Morgan fingerprint density at radius 1 is 1.41 bits per heavy atom. The highest BCUT2D eigenvalue weighted by Crippen LogP contribution is 2.11. The van der Waals surface area contributed by atoms with Crippen LogP contribution in [0.5, 0.6) is 5.75 Å². The molecule has 1 atom stereocenters. The van der Waals surface area contributed by atoms with Gasteiger partial charge in [0.05, 0.1) is 13.1 Å². The minimum Gasteiger partial charge on any atom is -0.492 e. The number of hydrogen-bond acceptors (Lipinski definition) is 4. The molecular weight excluding hydrogens is 220 g/mol. The van der Waals surface area contributed by atoms with Gasteiger partial charge in [0.2, 0.25) is 0 Å². The molecule has 1 aromatic carbocycles. The Labute approximate surface area is 100 Å². The van der Waals surface area contributed by atoms with Gasteiger partial charge in [-0.3, -0.25) is 0 Å². The lowest BCUT2D eigenvalue weighted by molar-refractivity contribution is 0.132. The third-order valence-corrected chi connectivity index (χ3v) is 2.59. The molecule has 2 N–H and O–H groups in total. The molecule has 1 amide bonds. The number of carbonyl (C=O) groups is 1. The molecule has 1 heterocycles. The van der Waals surface area contributed by atoms with Crippen molar-refractivity contribution >= 4 is 6.09 Å². The predicted octanol–water partition coefficient (Wildman–Crippen LogP) is 0.845. The number of carbonyl (C=O) groups excluding carboxylic acids is 1. The van der Waals surface area contributed by atoms with E-state index >= 15 is 0 Å². The van der Waals surface area contributed by atoms with E-state index in [9.17, 15) is 4.79 Å². The average Bonchev–Trinajstić information content (AvgIpc) is 2.72. The van der Waals surface area contributed by atoms with Crippen LogP contribution in [0.4, 0.5) is 4.79 Å². The molecule has 5 heteroatoms. The molecule has 1 aliphatic heterocycles. The maximum atomic E-state index is 11.4. The minimum atomic E-state index is -0.308. The van der Waals surface area contributed by atoms with Gasteiger partial charge in [0.25, 0.3) is 0 Å². The van der Waals surface area contributed by atoms with E-state index in [0.717, 1.165) is 5.75 Å². The molecule has 1 unspecified atom stereocenters. The smallest absolute Gasteiger partial charge is 0.410 e. The molecular formula is C12H16N2O3. The summed E-state index contributed by atoms with van der Waals surface area (Å²) in [7, 11) is 0. The zero-order valence-corrected chi connectivity index (χ0v) is 9.54. The lowest BCUT2D eigenvalue weighted by atomic mass is 10.3. The first-order chi connectivity index (χ1) is 8.29. The third kappa shape index (κ3) is 3.10. The van der Waals surface area contributed by atoms with Crippen molar-refractivity contribution < 1.29 is 14.3 Å². The number of nitrogens with zero attached hydrogens (tertiary/aromatic N) is 1.